The van der Waals surface area contributed by atoms with Crippen LogP contribution in [0, 0.1) is 34.5 Å². The molecule has 4 aliphatic carbocycles. The minimum Gasteiger partial charge on any atom is -0.472 e. The van der Waals surface area contributed by atoms with E-state index in [-0.39, 0.29) is 17.1 Å². The Balaban J connectivity index is 1.33. The molecule has 4 nitrogen and oxygen atoms in total. The van der Waals surface area contributed by atoms with Crippen LogP contribution in [0.5, 0.6) is 0 Å². The van der Waals surface area contributed by atoms with Crippen LogP contribution in [-0.4, -0.2) is 23.4 Å². The first-order valence-corrected chi connectivity index (χ1v) is 12.5. The van der Waals surface area contributed by atoms with E-state index in [1.165, 1.54) is 51.4 Å². The van der Waals surface area contributed by atoms with Gasteiger partial charge in [0.05, 0.1) is 18.6 Å². The van der Waals surface area contributed by atoms with Crippen molar-refractivity contribution in [1.82, 2.24) is 0 Å². The molecule has 4 saturated carbocycles. The average molecular weight is 414 g/mol. The van der Waals surface area contributed by atoms with Crippen molar-refractivity contribution in [2.45, 2.75) is 95.4 Å². The molecular formula is C26H39NO3. The van der Waals surface area contributed by atoms with Gasteiger partial charge in [0.1, 0.15) is 11.2 Å². The van der Waals surface area contributed by atoms with Crippen LogP contribution in [0.15, 0.2) is 23.0 Å². The molecule has 166 valence electrons. The highest BCUT2D eigenvalue weighted by Crippen LogP contribution is 2.79. The van der Waals surface area contributed by atoms with Crippen LogP contribution in [0.3, 0.4) is 0 Å². The van der Waals surface area contributed by atoms with E-state index in [1.807, 2.05) is 6.07 Å². The summed E-state index contributed by atoms with van der Waals surface area (Å²) in [7, 11) is 0. The van der Waals surface area contributed by atoms with E-state index in [2.05, 4.69) is 13.8 Å². The second-order valence-corrected chi connectivity index (χ2v) is 11.9. The number of epoxide rings is 1. The summed E-state index contributed by atoms with van der Waals surface area (Å²) in [5, 5.41) is 12.0. The molecule has 4 unspecified atom stereocenters. The summed E-state index contributed by atoms with van der Waals surface area (Å²) in [5.41, 5.74) is 6.06. The number of aliphatic hydroxyl groups is 1. The Labute approximate surface area is 180 Å². The smallest absolute Gasteiger partial charge is 0.106 e. The van der Waals surface area contributed by atoms with Crippen LogP contribution in [0.1, 0.15) is 83.6 Å². The second kappa shape index (κ2) is 6.36. The second-order valence-electron chi connectivity index (χ2n) is 11.9. The van der Waals surface area contributed by atoms with E-state index in [1.54, 1.807) is 12.5 Å². The van der Waals surface area contributed by atoms with Gasteiger partial charge in [-0.15, -0.1) is 0 Å². The monoisotopic (exact) mass is 413 g/mol. The maximum Gasteiger partial charge on any atom is 0.106 e. The summed E-state index contributed by atoms with van der Waals surface area (Å²) in [5.74, 6) is 3.06. The summed E-state index contributed by atoms with van der Waals surface area (Å²) >= 11 is 0. The molecule has 4 heteroatoms. The zero-order valence-corrected chi connectivity index (χ0v) is 18.7. The first kappa shape index (κ1) is 19.8. The third-order valence-corrected chi connectivity index (χ3v) is 11.1. The van der Waals surface area contributed by atoms with Crippen molar-refractivity contribution in [1.29, 1.82) is 0 Å². The van der Waals surface area contributed by atoms with Crippen LogP contribution in [0.4, 0.5) is 0 Å². The summed E-state index contributed by atoms with van der Waals surface area (Å²) in [6.45, 7) is 5.77. The molecule has 5 fully saturated rings. The van der Waals surface area contributed by atoms with Crippen molar-refractivity contribution in [3.05, 3.63) is 24.2 Å². The van der Waals surface area contributed by atoms with E-state index in [9.17, 15) is 5.11 Å². The minimum atomic E-state index is -0.818. The molecule has 0 amide bonds. The van der Waals surface area contributed by atoms with Crippen molar-refractivity contribution in [2.24, 2.45) is 40.2 Å². The highest BCUT2D eigenvalue weighted by molar-refractivity contribution is 5.37. The van der Waals surface area contributed by atoms with Gasteiger partial charge in [-0.1, -0.05) is 20.3 Å². The van der Waals surface area contributed by atoms with Crippen molar-refractivity contribution in [2.75, 3.05) is 6.54 Å². The van der Waals surface area contributed by atoms with Crippen molar-refractivity contribution >= 4 is 0 Å². The first-order chi connectivity index (χ1) is 14.4. The molecule has 3 N–H and O–H groups in total. The zero-order valence-electron chi connectivity index (χ0n) is 18.7. The molecule has 1 saturated heterocycles. The van der Waals surface area contributed by atoms with Crippen LogP contribution < -0.4 is 5.73 Å². The standard InChI is InChI=1S/C26H39NO3/c1-23-14-17(4-3-12-27)5-6-18(23)7-8-21-20(23)9-11-24(2)25(28,19-10-13-29-16-19)15-22-26(21,24)30-22/h10,13,16-18,20-22,28H,3-9,11-12,14-15,27H2,1-2H3/t17?,18?,20-,21-,22?,23+,24-,25?,26+/m1/s1. The Morgan fingerprint density at radius 3 is 2.70 bits per heavy atom. The average Bonchev–Trinajstić information content (AvgIpc) is 3.10. The molecular weight excluding hydrogens is 374 g/mol. The van der Waals surface area contributed by atoms with Gasteiger partial charge in [0.25, 0.3) is 0 Å². The molecule has 0 aromatic carbocycles. The maximum atomic E-state index is 12.0. The molecule has 1 spiro atoms. The molecule has 2 heterocycles. The molecule has 9 atom stereocenters. The summed E-state index contributed by atoms with van der Waals surface area (Å²) in [4.78, 5) is 0. The SMILES string of the molecule is C[C@]12CC(CCCN)CCC1CC[C@@H]1[C@H]2CC[C@]2(C)C(O)(c3ccoc3)CC3O[C@]312. The Morgan fingerprint density at radius 2 is 1.93 bits per heavy atom. The van der Waals surface area contributed by atoms with E-state index in [0.717, 1.165) is 42.7 Å². The summed E-state index contributed by atoms with van der Waals surface area (Å²) in [6.07, 6.45) is 16.0. The number of rotatable bonds is 4. The predicted octanol–water partition coefficient (Wildman–Crippen LogP) is 5.00. The summed E-state index contributed by atoms with van der Waals surface area (Å²) < 4.78 is 12.0. The lowest BCUT2D eigenvalue weighted by Crippen LogP contribution is -2.61. The van der Waals surface area contributed by atoms with Gasteiger partial charge in [-0.3, -0.25) is 0 Å². The predicted molar refractivity (Wildman–Crippen MR) is 116 cm³/mol. The third-order valence-electron chi connectivity index (χ3n) is 11.1. The molecule has 6 rings (SSSR count). The molecule has 0 radical (unpaired) electrons. The molecule has 1 aromatic rings. The van der Waals surface area contributed by atoms with Gasteiger partial charge in [0.15, 0.2) is 0 Å². The van der Waals surface area contributed by atoms with Gasteiger partial charge in [-0.2, -0.15) is 0 Å². The Bertz CT molecular complexity index is 809. The lowest BCUT2D eigenvalue weighted by atomic mass is 9.43. The number of hydrogen-bond acceptors (Lipinski definition) is 4. The quantitative estimate of drug-likeness (QED) is 0.682. The Morgan fingerprint density at radius 1 is 1.10 bits per heavy atom. The molecule has 30 heavy (non-hydrogen) atoms. The topological polar surface area (TPSA) is 71.9 Å². The fourth-order valence-corrected chi connectivity index (χ4v) is 9.54. The number of hydrogen-bond donors (Lipinski definition) is 2. The van der Waals surface area contributed by atoms with Crippen LogP contribution >= 0.6 is 0 Å². The van der Waals surface area contributed by atoms with Crippen molar-refractivity contribution in [3.8, 4) is 0 Å². The molecule has 1 aliphatic heterocycles. The fourth-order valence-electron chi connectivity index (χ4n) is 9.54. The van der Waals surface area contributed by atoms with Crippen LogP contribution in [0.2, 0.25) is 0 Å². The highest BCUT2D eigenvalue weighted by Gasteiger charge is 2.84. The number of furan rings is 1. The van der Waals surface area contributed by atoms with E-state index in [0.29, 0.717) is 11.3 Å². The first-order valence-electron chi connectivity index (χ1n) is 12.5. The van der Waals surface area contributed by atoms with Gasteiger partial charge < -0.3 is 20.0 Å². The van der Waals surface area contributed by atoms with Gasteiger partial charge in [0.2, 0.25) is 0 Å². The minimum absolute atomic E-state index is 0.125. The zero-order chi connectivity index (χ0) is 20.8. The van der Waals surface area contributed by atoms with Crippen LogP contribution in [0.25, 0.3) is 0 Å². The Hall–Kier alpha value is -0.840. The number of fused-ring (bicyclic) bond motifs is 3. The van der Waals surface area contributed by atoms with Crippen molar-refractivity contribution in [3.63, 3.8) is 0 Å². The lowest BCUT2D eigenvalue weighted by molar-refractivity contribution is -0.192. The summed E-state index contributed by atoms with van der Waals surface area (Å²) in [6, 6.07) is 1.97. The third kappa shape index (κ3) is 2.24. The van der Waals surface area contributed by atoms with Gasteiger partial charge in [0, 0.05) is 17.4 Å². The van der Waals surface area contributed by atoms with E-state index >= 15 is 0 Å². The largest absolute Gasteiger partial charge is 0.472 e. The van der Waals surface area contributed by atoms with Crippen LogP contribution in [-0.2, 0) is 10.3 Å². The number of nitrogens with two attached hydrogens (primary N) is 1. The fraction of sp³-hybridized carbons (Fsp3) is 0.846. The highest BCUT2D eigenvalue weighted by atomic mass is 16.6. The molecule has 5 aliphatic rings. The Kier molecular flexibility index (Phi) is 4.20. The molecule has 0 bridgehead atoms. The number of ether oxygens (including phenoxy) is 1. The van der Waals surface area contributed by atoms with Gasteiger partial charge in [-0.05, 0) is 93.1 Å². The lowest BCUT2D eigenvalue weighted by Gasteiger charge is -2.62. The molecule has 1 aromatic heterocycles. The van der Waals surface area contributed by atoms with E-state index in [4.69, 9.17) is 14.9 Å². The normalized spacial score (nSPS) is 54.1. The van der Waals surface area contributed by atoms with E-state index < -0.39 is 5.60 Å². The van der Waals surface area contributed by atoms with Gasteiger partial charge in [-0.25, -0.2) is 0 Å². The van der Waals surface area contributed by atoms with Crippen molar-refractivity contribution < 1.29 is 14.3 Å². The maximum absolute atomic E-state index is 12.0. The van der Waals surface area contributed by atoms with Gasteiger partial charge >= 0.3 is 0 Å².